The summed E-state index contributed by atoms with van der Waals surface area (Å²) in [6.45, 7) is 2.31. The van der Waals surface area contributed by atoms with Gasteiger partial charge in [0.15, 0.2) is 0 Å². The minimum atomic E-state index is -0.235. The van der Waals surface area contributed by atoms with E-state index in [1.807, 2.05) is 14.1 Å². The van der Waals surface area contributed by atoms with Crippen LogP contribution in [0.15, 0.2) is 24.3 Å². The molecule has 1 heterocycles. The molecule has 1 unspecified atom stereocenters. The number of nitrogens with zero attached hydrogens (tertiary/aromatic N) is 1. The lowest BCUT2D eigenvalue weighted by atomic mass is 9.67. The predicted octanol–water partition coefficient (Wildman–Crippen LogP) is 3.17. The molecule has 1 saturated heterocycles. The van der Waals surface area contributed by atoms with Gasteiger partial charge in [0.2, 0.25) is 5.91 Å². The fraction of sp³-hybridized carbons (Fsp3) is 0.632. The van der Waals surface area contributed by atoms with E-state index in [4.69, 9.17) is 0 Å². The highest BCUT2D eigenvalue weighted by Gasteiger charge is 2.49. The Kier molecular flexibility index (Phi) is 8.80. The van der Waals surface area contributed by atoms with Gasteiger partial charge in [-0.2, -0.15) is 0 Å². The third-order valence-corrected chi connectivity index (χ3v) is 5.82. The molecule has 0 bridgehead atoms. The molecule has 1 saturated carbocycles. The largest absolute Gasteiger partial charge is 0.354 e. The summed E-state index contributed by atoms with van der Waals surface area (Å²) in [5.41, 5.74) is 0.793. The van der Waals surface area contributed by atoms with E-state index in [0.29, 0.717) is 12.5 Å². The number of hydrogen-bond acceptors (Lipinski definition) is 3. The monoisotopic (exact) mass is 405 g/mol. The Balaban J connectivity index is 0.00000169. The number of fused-ring (bicyclic) bond motifs is 1. The van der Waals surface area contributed by atoms with Crippen LogP contribution in [0.1, 0.15) is 37.3 Å². The number of rotatable bonds is 5. The molecular weight excluding hydrogens is 376 g/mol. The van der Waals surface area contributed by atoms with E-state index < -0.39 is 0 Å². The maximum absolute atomic E-state index is 13.2. The average molecular weight is 406 g/mol. The van der Waals surface area contributed by atoms with Gasteiger partial charge in [-0.1, -0.05) is 25.0 Å². The minimum absolute atomic E-state index is 0. The summed E-state index contributed by atoms with van der Waals surface area (Å²) in [6, 6.07) is 6.59. The first-order chi connectivity index (χ1) is 11.5. The van der Waals surface area contributed by atoms with Crippen LogP contribution in [0.2, 0.25) is 0 Å². The van der Waals surface area contributed by atoms with E-state index in [2.05, 4.69) is 15.5 Å². The average Bonchev–Trinajstić information content (AvgIpc) is 3.01. The summed E-state index contributed by atoms with van der Waals surface area (Å²) in [5.74, 6) is 0.419. The van der Waals surface area contributed by atoms with Crippen LogP contribution in [0.5, 0.6) is 0 Å². The van der Waals surface area contributed by atoms with Crippen molar-refractivity contribution in [2.45, 2.75) is 31.7 Å². The van der Waals surface area contributed by atoms with Crippen molar-refractivity contribution in [2.24, 2.45) is 11.3 Å². The van der Waals surface area contributed by atoms with Crippen LogP contribution in [0.4, 0.5) is 4.39 Å². The lowest BCUT2D eigenvalue weighted by molar-refractivity contribution is -0.134. The number of amides is 1. The Hall–Kier alpha value is -0.880. The lowest BCUT2D eigenvalue weighted by Crippen LogP contribution is -2.49. The smallest absolute Gasteiger partial charge is 0.227 e. The molecule has 4 nitrogen and oxygen atoms in total. The molecule has 0 aromatic heterocycles. The van der Waals surface area contributed by atoms with Gasteiger partial charge in [0.25, 0.3) is 0 Å². The number of likely N-dealkylation sites (N-methyl/N-ethyl adjacent to an activating group) is 1. The maximum atomic E-state index is 13.2. The van der Waals surface area contributed by atoms with Gasteiger partial charge < -0.3 is 15.5 Å². The first kappa shape index (κ1) is 23.2. The first-order valence-electron chi connectivity index (χ1n) is 8.94. The van der Waals surface area contributed by atoms with Crippen LogP contribution in [0.3, 0.4) is 0 Å². The third-order valence-electron chi connectivity index (χ3n) is 5.82. The Morgan fingerprint density at radius 3 is 2.65 bits per heavy atom. The number of carbonyl (C=O) groups is 1. The maximum Gasteiger partial charge on any atom is 0.227 e. The Morgan fingerprint density at radius 2 is 2.00 bits per heavy atom. The molecule has 148 valence electrons. The van der Waals surface area contributed by atoms with E-state index >= 15 is 0 Å². The van der Waals surface area contributed by atoms with Gasteiger partial charge in [0, 0.05) is 13.1 Å². The minimum Gasteiger partial charge on any atom is -0.354 e. The summed E-state index contributed by atoms with van der Waals surface area (Å²) >= 11 is 0. The van der Waals surface area contributed by atoms with E-state index in [9.17, 15) is 9.18 Å². The van der Waals surface area contributed by atoms with E-state index in [-0.39, 0.29) is 48.0 Å². The zero-order chi connectivity index (χ0) is 17.2. The lowest BCUT2D eigenvalue weighted by Gasteiger charge is -2.37. The molecule has 2 aliphatic rings. The van der Waals surface area contributed by atoms with E-state index in [1.54, 1.807) is 12.1 Å². The molecule has 2 fully saturated rings. The molecule has 3 rings (SSSR count). The molecule has 1 aromatic carbocycles. The molecule has 1 aliphatic carbocycles. The molecule has 1 aliphatic heterocycles. The normalized spacial score (nSPS) is 25.6. The number of carbonyl (C=O) groups excluding carboxylic acids is 1. The van der Waals surface area contributed by atoms with Crippen LogP contribution >= 0.6 is 24.8 Å². The Labute approximate surface area is 168 Å². The van der Waals surface area contributed by atoms with Gasteiger partial charge in [0.05, 0.1) is 11.5 Å². The molecule has 2 N–H and O–H groups in total. The van der Waals surface area contributed by atoms with Crippen molar-refractivity contribution in [1.29, 1.82) is 0 Å². The predicted molar refractivity (Wildman–Crippen MR) is 108 cm³/mol. The van der Waals surface area contributed by atoms with Crippen LogP contribution in [0, 0.1) is 17.2 Å². The van der Waals surface area contributed by atoms with Crippen LogP contribution in [-0.2, 0) is 4.79 Å². The zero-order valence-electron chi connectivity index (χ0n) is 15.5. The number of nitrogens with one attached hydrogen (secondary N) is 2. The van der Waals surface area contributed by atoms with Crippen molar-refractivity contribution in [3.05, 3.63) is 35.6 Å². The number of halogens is 3. The van der Waals surface area contributed by atoms with Gasteiger partial charge in [-0.25, -0.2) is 4.39 Å². The Bertz CT molecular complexity index is 585. The third kappa shape index (κ3) is 4.69. The SMILES string of the molecule is CN(C)C(CNC(=O)[C@@]12CCCC[C@H]1CNC2)c1ccc(F)cc1.Cl.Cl. The Morgan fingerprint density at radius 1 is 1.31 bits per heavy atom. The number of benzene rings is 1. The highest BCUT2D eigenvalue weighted by atomic mass is 35.5. The highest BCUT2D eigenvalue weighted by molar-refractivity contribution is 5.85. The first-order valence-corrected chi connectivity index (χ1v) is 8.94. The van der Waals surface area contributed by atoms with Gasteiger partial charge in [-0.05, 0) is 57.1 Å². The molecule has 3 atom stereocenters. The van der Waals surface area contributed by atoms with Crippen LogP contribution < -0.4 is 10.6 Å². The van der Waals surface area contributed by atoms with Crippen molar-refractivity contribution < 1.29 is 9.18 Å². The topological polar surface area (TPSA) is 44.4 Å². The second-order valence-electron chi connectivity index (χ2n) is 7.47. The van der Waals surface area contributed by atoms with Crippen molar-refractivity contribution in [2.75, 3.05) is 33.7 Å². The molecule has 0 spiro atoms. The van der Waals surface area contributed by atoms with Gasteiger partial charge in [-0.3, -0.25) is 4.79 Å². The summed E-state index contributed by atoms with van der Waals surface area (Å²) in [5, 5.41) is 6.62. The van der Waals surface area contributed by atoms with Crippen LogP contribution in [-0.4, -0.2) is 44.5 Å². The van der Waals surface area contributed by atoms with Crippen LogP contribution in [0.25, 0.3) is 0 Å². The van der Waals surface area contributed by atoms with Gasteiger partial charge >= 0.3 is 0 Å². The fourth-order valence-electron chi connectivity index (χ4n) is 4.34. The molecule has 26 heavy (non-hydrogen) atoms. The van der Waals surface area contributed by atoms with E-state index in [0.717, 1.165) is 37.9 Å². The standard InChI is InChI=1S/C19H28FN3O.2ClH/c1-23(2)17(14-6-8-16(20)9-7-14)12-22-18(24)19-10-4-3-5-15(19)11-21-13-19;;/h6-9,15,17,21H,3-5,10-13H2,1-2H3,(H,22,24);2*1H/t15-,17?,19+;;/m0../s1. The quantitative estimate of drug-likeness (QED) is 0.790. The highest BCUT2D eigenvalue weighted by Crippen LogP contribution is 2.43. The van der Waals surface area contributed by atoms with Crippen molar-refractivity contribution in [1.82, 2.24) is 15.5 Å². The number of hydrogen-bond donors (Lipinski definition) is 2. The van der Waals surface area contributed by atoms with Crippen molar-refractivity contribution in [3.63, 3.8) is 0 Å². The van der Waals surface area contributed by atoms with Gasteiger partial charge in [0.1, 0.15) is 5.82 Å². The summed E-state index contributed by atoms with van der Waals surface area (Å²) in [4.78, 5) is 15.1. The molecular formula is C19H30Cl2FN3O. The molecule has 7 heteroatoms. The second-order valence-corrected chi connectivity index (χ2v) is 7.47. The molecule has 1 amide bonds. The second kappa shape index (κ2) is 9.88. The summed E-state index contributed by atoms with van der Waals surface area (Å²) < 4.78 is 13.2. The molecule has 0 radical (unpaired) electrons. The van der Waals surface area contributed by atoms with Gasteiger partial charge in [-0.15, -0.1) is 24.8 Å². The molecule has 1 aromatic rings. The van der Waals surface area contributed by atoms with Crippen molar-refractivity contribution in [3.8, 4) is 0 Å². The van der Waals surface area contributed by atoms with E-state index in [1.165, 1.54) is 18.6 Å². The summed E-state index contributed by atoms with van der Waals surface area (Å²) in [6.07, 6.45) is 4.51. The zero-order valence-corrected chi connectivity index (χ0v) is 17.1. The van der Waals surface area contributed by atoms with Crippen molar-refractivity contribution >= 4 is 30.7 Å². The fourth-order valence-corrected chi connectivity index (χ4v) is 4.34. The summed E-state index contributed by atoms with van der Waals surface area (Å²) in [7, 11) is 3.97.